The molecule has 0 aromatic heterocycles. The van der Waals surface area contributed by atoms with Crippen LogP contribution in [0, 0.1) is 0 Å². The quantitative estimate of drug-likeness (QED) is 0.289. The molecule has 0 N–H and O–H groups in total. The van der Waals surface area contributed by atoms with Gasteiger partial charge < -0.3 is 2.85 Å². The molecule has 0 spiro atoms. The van der Waals surface area contributed by atoms with Gasteiger partial charge in [-0.05, 0) is 0 Å². The Balaban J connectivity index is -0.000000000500. The van der Waals surface area contributed by atoms with Crippen molar-refractivity contribution in [2.45, 2.75) is 0 Å². The summed E-state index contributed by atoms with van der Waals surface area (Å²) in [7, 11) is 0. The molecule has 1 nitrogen and oxygen atoms in total. The first kappa shape index (κ1) is 23.5. The second-order valence-corrected chi connectivity index (χ2v) is 0. The van der Waals surface area contributed by atoms with Crippen molar-refractivity contribution >= 4 is 99.0 Å². The maximum atomic E-state index is 7.81. The van der Waals surface area contributed by atoms with Gasteiger partial charge in [-0.3, -0.25) is 0 Å². The van der Waals surface area contributed by atoms with Crippen molar-refractivity contribution in [3.8, 4) is 0 Å². The van der Waals surface area contributed by atoms with E-state index in [4.69, 9.17) is 3.83 Å². The molecule has 0 amide bonds. The van der Waals surface area contributed by atoms with Gasteiger partial charge in [0.05, 0.1) is 0 Å². The summed E-state index contributed by atoms with van der Waals surface area (Å²) in [6, 6.07) is 0. The number of rotatable bonds is 0. The molecule has 0 aliphatic carbocycles. The molecule has 0 aliphatic rings. The fourth-order valence-corrected chi connectivity index (χ4v) is 0. The van der Waals surface area contributed by atoms with Crippen LogP contribution in [-0.4, -0.2) is 99.0 Å². The van der Waals surface area contributed by atoms with Crippen LogP contribution < -0.4 is 0 Å². The molecule has 0 aromatic rings. The maximum absolute atomic E-state index is 7.81. The predicted octanol–water partition coefficient (Wildman–Crippen LogP) is -2.38. The third-order valence-corrected chi connectivity index (χ3v) is 0. The van der Waals surface area contributed by atoms with Crippen molar-refractivity contribution < 1.29 is 22.6 Å². The molecule has 0 aromatic carbocycles. The Morgan fingerprint density at radius 2 is 1.40 bits per heavy atom. The van der Waals surface area contributed by atoms with Crippen molar-refractivity contribution in [3.63, 3.8) is 0 Å². The summed E-state index contributed by atoms with van der Waals surface area (Å²) < 4.78 is 7.81. The largest absolute Gasteiger partial charge is 2.00 e. The standard InChI is InChI=1S/Bi.Cu.O.Pb.Sr.7H/q;;;;+2;;;;;;2*-1. The summed E-state index contributed by atoms with van der Waals surface area (Å²) in [4.78, 5) is 0. The summed E-state index contributed by atoms with van der Waals surface area (Å²) in [6.07, 6.45) is 0. The summed E-state index contributed by atoms with van der Waals surface area (Å²) in [5.74, 6) is 0. The molecule has 0 saturated heterocycles. The molecule has 0 bridgehead atoms. The van der Waals surface area contributed by atoms with E-state index in [1.54, 1.807) is 0 Å². The molecule has 5 heavy (non-hydrogen) atoms. The van der Waals surface area contributed by atoms with E-state index in [0.29, 0.717) is 0 Å². The summed E-state index contributed by atoms with van der Waals surface area (Å²) in [6.45, 7) is 0. The number of hydrogen-bond acceptors (Lipinski definition) is 1. The molecule has 0 unspecified atom stereocenters. The molecule has 2 radical (unpaired) electrons. The molecule has 0 fully saturated rings. The van der Waals surface area contributed by atoms with Gasteiger partial charge in [0.15, 0.2) is 0 Å². The van der Waals surface area contributed by atoms with Crippen LogP contribution in [0.2, 0.25) is 0 Å². The minimum Gasteiger partial charge on any atom is 2.00 e. The zero-order valence-corrected chi connectivity index (χ0v) is 18.2. The fraction of sp³-hybridized carbons (Fsp3) is 0. The average Bonchev–Trinajstić information content (AvgIpc) is 1.00. The second kappa shape index (κ2) is 25.5. The van der Waals surface area contributed by atoms with E-state index in [-0.39, 0.29) is 102 Å². The summed E-state index contributed by atoms with van der Waals surface area (Å²) in [5, 5.41) is 0. The Hall–Kier alpha value is 3.61. The second-order valence-electron chi connectivity index (χ2n) is 0. The molecular weight excluding hydrogens is 583 g/mol. The Kier molecular flexibility index (Phi) is 120. The zero-order valence-electron chi connectivity index (χ0n) is 4.83. The smallest absolute Gasteiger partial charge is 2.00 e. The van der Waals surface area contributed by atoms with E-state index in [2.05, 4.69) is 15.9 Å². The van der Waals surface area contributed by atoms with Crippen LogP contribution in [0.15, 0.2) is 0 Å². The Morgan fingerprint density at radius 3 is 1.40 bits per heavy atom. The molecule has 5 heteroatoms. The molecule has 0 rings (SSSR count). The van der Waals surface area contributed by atoms with Crippen LogP contribution in [-0.2, 0) is 19.8 Å². The molecule has 0 atom stereocenters. The van der Waals surface area contributed by atoms with Crippen LogP contribution in [0.5, 0.6) is 0 Å². The van der Waals surface area contributed by atoms with E-state index >= 15 is 0 Å². The van der Waals surface area contributed by atoms with E-state index in [9.17, 15) is 0 Å². The first-order valence-electron chi connectivity index (χ1n) is 0.123. The minimum atomic E-state index is 0. The van der Waals surface area contributed by atoms with Gasteiger partial charge in [-0.25, -0.2) is 0 Å². The van der Waals surface area contributed by atoms with E-state index in [0.717, 1.165) is 0 Å². The first-order chi connectivity index (χ1) is 1.00. The van der Waals surface area contributed by atoms with Crippen molar-refractivity contribution in [1.29, 1.82) is 0 Å². The molecule has 0 heterocycles. The van der Waals surface area contributed by atoms with Gasteiger partial charge in [0, 0.05) is 0 Å². The van der Waals surface area contributed by atoms with E-state index < -0.39 is 0 Å². The van der Waals surface area contributed by atoms with E-state index in [1.807, 2.05) is 0 Å². The van der Waals surface area contributed by atoms with Crippen molar-refractivity contribution in [3.05, 3.63) is 0 Å². The van der Waals surface area contributed by atoms with Gasteiger partial charge in [0.2, 0.25) is 0 Å². The van der Waals surface area contributed by atoms with Gasteiger partial charge in [0.1, 0.15) is 0 Å². The van der Waals surface area contributed by atoms with Crippen LogP contribution in [0.3, 0.4) is 0 Å². The normalized spacial score (nSPS) is 1.20. The topological polar surface area (TPSA) is 17.1 Å². The van der Waals surface area contributed by atoms with Gasteiger partial charge in [-0.15, -0.1) is 0 Å². The average molecular weight is 590 g/mol. The van der Waals surface area contributed by atoms with Crippen molar-refractivity contribution in [2.75, 3.05) is 0 Å². The predicted molar refractivity (Wildman–Crippen MR) is 27.1 cm³/mol. The van der Waals surface area contributed by atoms with E-state index in [1.165, 1.54) is 0 Å². The third kappa shape index (κ3) is 18.4. The van der Waals surface area contributed by atoms with Crippen molar-refractivity contribution in [1.82, 2.24) is 0 Å². The third-order valence-electron chi connectivity index (χ3n) is 0. The van der Waals surface area contributed by atoms with Crippen LogP contribution in [0.1, 0.15) is 2.85 Å². The molecule has 35 valence electrons. The zero-order chi connectivity index (χ0) is 2.00. The molecule has 0 saturated carbocycles. The first-order valence-corrected chi connectivity index (χ1v) is 0.508. The SMILES string of the molecule is [BiH3].[H-].[H-].[O]=[Cu].[PbH2].[Sr+2]. The van der Waals surface area contributed by atoms with Gasteiger partial charge in [-0.1, -0.05) is 0 Å². The monoisotopic (exact) mass is 591 g/mol. The van der Waals surface area contributed by atoms with Gasteiger partial charge >= 0.3 is 119 Å². The van der Waals surface area contributed by atoms with Crippen LogP contribution in [0.25, 0.3) is 0 Å². The Labute approximate surface area is 119 Å². The number of hydrogen-bond donors (Lipinski definition) is 0. The molecule has 0 aliphatic heterocycles. The van der Waals surface area contributed by atoms with Crippen LogP contribution >= 0.6 is 0 Å². The summed E-state index contributed by atoms with van der Waals surface area (Å²) >= 11 is 2.94. The van der Waals surface area contributed by atoms with Gasteiger partial charge in [-0.2, -0.15) is 0 Å². The summed E-state index contributed by atoms with van der Waals surface area (Å²) in [5.41, 5.74) is 0. The van der Waals surface area contributed by atoms with Crippen LogP contribution in [0.4, 0.5) is 0 Å². The molecular formula is H7BiCuOPbSr. The minimum absolute atomic E-state index is 0. The Morgan fingerprint density at radius 1 is 1.40 bits per heavy atom. The van der Waals surface area contributed by atoms with Gasteiger partial charge in [0.25, 0.3) is 0 Å². The fourth-order valence-electron chi connectivity index (χ4n) is 0. The van der Waals surface area contributed by atoms with Crippen molar-refractivity contribution in [2.24, 2.45) is 0 Å². The maximum Gasteiger partial charge on any atom is 2.00 e. The Bertz CT molecular complexity index is 17.7.